The number of hydrogen-bond acceptors (Lipinski definition) is 4. The summed E-state index contributed by atoms with van der Waals surface area (Å²) in [4.78, 5) is 6.23. The van der Waals surface area contributed by atoms with Gasteiger partial charge in [-0.2, -0.15) is 0 Å². The Hall–Kier alpha value is -2.61. The molecule has 0 bridgehead atoms. The summed E-state index contributed by atoms with van der Waals surface area (Å²) in [6.45, 7) is 4.22. The van der Waals surface area contributed by atoms with Crippen LogP contribution in [0.4, 0.5) is 8.78 Å². The van der Waals surface area contributed by atoms with Crippen LogP contribution in [0.1, 0.15) is 41.5 Å². The van der Waals surface area contributed by atoms with Gasteiger partial charge in [-0.05, 0) is 31.9 Å². The predicted molar refractivity (Wildman–Crippen MR) is 101 cm³/mol. The highest BCUT2D eigenvalue weighted by atomic mass is 19.2. The van der Waals surface area contributed by atoms with E-state index in [1.807, 2.05) is 22.4 Å². The predicted octanol–water partition coefficient (Wildman–Crippen LogP) is 3.03. The van der Waals surface area contributed by atoms with Crippen molar-refractivity contribution >= 4 is 0 Å². The second-order valence-corrected chi connectivity index (χ2v) is 7.51. The zero-order chi connectivity index (χ0) is 19.7. The van der Waals surface area contributed by atoms with Crippen molar-refractivity contribution in [1.29, 1.82) is 0 Å². The summed E-state index contributed by atoms with van der Waals surface area (Å²) in [7, 11) is 1.98. The lowest BCUT2D eigenvalue weighted by Crippen LogP contribution is -2.35. The van der Waals surface area contributed by atoms with Crippen molar-refractivity contribution < 1.29 is 8.78 Å². The first-order valence-corrected chi connectivity index (χ1v) is 9.52. The van der Waals surface area contributed by atoms with Gasteiger partial charge in [0.15, 0.2) is 17.5 Å². The Labute approximate surface area is 162 Å². The lowest BCUT2D eigenvalue weighted by Gasteiger charge is -2.32. The Bertz CT molecular complexity index is 950. The van der Waals surface area contributed by atoms with Crippen LogP contribution < -0.4 is 0 Å². The molecule has 4 rings (SSSR count). The number of aromatic nitrogens is 5. The molecule has 0 radical (unpaired) electrons. The summed E-state index contributed by atoms with van der Waals surface area (Å²) in [6.07, 6.45) is 7.39. The van der Waals surface area contributed by atoms with E-state index in [4.69, 9.17) is 0 Å². The van der Waals surface area contributed by atoms with Gasteiger partial charge in [-0.1, -0.05) is 12.1 Å². The third-order valence-electron chi connectivity index (χ3n) is 5.50. The Morgan fingerprint density at radius 2 is 2.00 bits per heavy atom. The largest absolute Gasteiger partial charge is 0.330 e. The van der Waals surface area contributed by atoms with Crippen LogP contribution in [0.5, 0.6) is 0 Å². The lowest BCUT2D eigenvalue weighted by molar-refractivity contribution is 0.192. The standard InChI is InChI=1S/C20H24F2N6/c1-14-5-6-15(19(22)18(14)21)10-27-8-3-4-16(11-27)20-25-24-17(26(20)2)12-28-9-7-23-13-28/h5-7,9,13,16H,3-4,8,10-12H2,1-2H3/t16-/m1/s1. The fraction of sp³-hybridized carbons (Fsp3) is 0.450. The van der Waals surface area contributed by atoms with E-state index in [-0.39, 0.29) is 5.92 Å². The minimum Gasteiger partial charge on any atom is -0.330 e. The molecule has 1 atom stereocenters. The van der Waals surface area contributed by atoms with Crippen molar-refractivity contribution in [3.63, 3.8) is 0 Å². The molecule has 6 nitrogen and oxygen atoms in total. The molecule has 1 fully saturated rings. The van der Waals surface area contributed by atoms with Crippen LogP contribution in [-0.2, 0) is 20.1 Å². The van der Waals surface area contributed by atoms with Gasteiger partial charge in [0.1, 0.15) is 5.82 Å². The molecule has 2 aromatic heterocycles. The summed E-state index contributed by atoms with van der Waals surface area (Å²) in [5.41, 5.74) is 0.741. The first-order chi connectivity index (χ1) is 13.5. The van der Waals surface area contributed by atoms with Crippen LogP contribution in [-0.4, -0.2) is 42.3 Å². The van der Waals surface area contributed by atoms with E-state index in [0.29, 0.717) is 24.2 Å². The van der Waals surface area contributed by atoms with Gasteiger partial charge in [0.2, 0.25) is 0 Å². The minimum atomic E-state index is -0.747. The van der Waals surface area contributed by atoms with Gasteiger partial charge in [0, 0.05) is 44.0 Å². The van der Waals surface area contributed by atoms with Gasteiger partial charge in [-0.15, -0.1) is 10.2 Å². The number of benzene rings is 1. The third kappa shape index (κ3) is 3.69. The molecule has 148 valence electrons. The van der Waals surface area contributed by atoms with Gasteiger partial charge in [-0.25, -0.2) is 13.8 Å². The molecule has 1 aromatic carbocycles. The maximum Gasteiger partial charge on any atom is 0.163 e. The smallest absolute Gasteiger partial charge is 0.163 e. The van der Waals surface area contributed by atoms with Crippen molar-refractivity contribution in [2.75, 3.05) is 13.1 Å². The molecular formula is C20H24F2N6. The van der Waals surface area contributed by atoms with E-state index in [9.17, 15) is 8.78 Å². The molecule has 3 aromatic rings. The quantitative estimate of drug-likeness (QED) is 0.676. The van der Waals surface area contributed by atoms with Gasteiger partial charge in [0.25, 0.3) is 0 Å². The number of nitrogens with zero attached hydrogens (tertiary/aromatic N) is 6. The molecule has 28 heavy (non-hydrogen) atoms. The van der Waals surface area contributed by atoms with Crippen molar-refractivity contribution in [3.05, 3.63) is 65.3 Å². The summed E-state index contributed by atoms with van der Waals surface area (Å²) < 4.78 is 32.1. The van der Waals surface area contributed by atoms with Crippen LogP contribution in [0.15, 0.2) is 30.9 Å². The van der Waals surface area contributed by atoms with Gasteiger partial charge in [-0.3, -0.25) is 4.90 Å². The maximum absolute atomic E-state index is 14.2. The molecule has 1 aliphatic heterocycles. The van der Waals surface area contributed by atoms with Gasteiger partial charge < -0.3 is 9.13 Å². The topological polar surface area (TPSA) is 51.8 Å². The van der Waals surface area contributed by atoms with Crippen molar-refractivity contribution in [3.8, 4) is 0 Å². The lowest BCUT2D eigenvalue weighted by atomic mass is 9.96. The molecule has 0 unspecified atom stereocenters. The molecule has 8 heteroatoms. The SMILES string of the molecule is Cc1ccc(CN2CCC[C@@H](c3nnc(Cn4ccnc4)n3C)C2)c(F)c1F. The van der Waals surface area contributed by atoms with E-state index in [0.717, 1.165) is 37.6 Å². The van der Waals surface area contributed by atoms with E-state index in [1.165, 1.54) is 0 Å². The number of rotatable bonds is 5. The van der Waals surface area contributed by atoms with E-state index < -0.39 is 11.6 Å². The number of halogens is 2. The van der Waals surface area contributed by atoms with Gasteiger partial charge >= 0.3 is 0 Å². The van der Waals surface area contributed by atoms with E-state index in [1.54, 1.807) is 31.6 Å². The maximum atomic E-state index is 14.2. The Morgan fingerprint density at radius 1 is 1.14 bits per heavy atom. The number of likely N-dealkylation sites (tertiary alicyclic amines) is 1. The average molecular weight is 386 g/mol. The first-order valence-electron chi connectivity index (χ1n) is 9.52. The normalized spacial score (nSPS) is 17.9. The van der Waals surface area contributed by atoms with Crippen LogP contribution in [0.3, 0.4) is 0 Å². The Morgan fingerprint density at radius 3 is 2.79 bits per heavy atom. The van der Waals surface area contributed by atoms with E-state index >= 15 is 0 Å². The second-order valence-electron chi connectivity index (χ2n) is 7.51. The molecule has 0 N–H and O–H groups in total. The molecule has 0 spiro atoms. The van der Waals surface area contributed by atoms with Crippen molar-refractivity contribution in [2.24, 2.45) is 7.05 Å². The van der Waals surface area contributed by atoms with E-state index in [2.05, 4.69) is 20.1 Å². The highest BCUT2D eigenvalue weighted by Crippen LogP contribution is 2.27. The van der Waals surface area contributed by atoms with Crippen molar-refractivity contribution in [2.45, 2.75) is 38.8 Å². The zero-order valence-electron chi connectivity index (χ0n) is 16.1. The highest BCUT2D eigenvalue weighted by Gasteiger charge is 2.27. The van der Waals surface area contributed by atoms with Crippen molar-refractivity contribution in [1.82, 2.24) is 29.2 Å². The highest BCUT2D eigenvalue weighted by molar-refractivity contribution is 5.25. The molecule has 1 saturated heterocycles. The summed E-state index contributed by atoms with van der Waals surface area (Å²) in [5, 5.41) is 8.77. The second kappa shape index (κ2) is 7.79. The Balaban J connectivity index is 1.47. The number of imidazole rings is 1. The fourth-order valence-electron chi connectivity index (χ4n) is 3.87. The minimum absolute atomic E-state index is 0.223. The zero-order valence-corrected chi connectivity index (χ0v) is 16.1. The average Bonchev–Trinajstić information content (AvgIpc) is 3.33. The number of piperidine rings is 1. The molecule has 1 aliphatic rings. The number of hydrogen-bond donors (Lipinski definition) is 0. The molecule has 0 amide bonds. The van der Waals surface area contributed by atoms with Crippen LogP contribution >= 0.6 is 0 Å². The molecule has 3 heterocycles. The van der Waals surface area contributed by atoms with Gasteiger partial charge in [0.05, 0.1) is 12.9 Å². The monoisotopic (exact) mass is 386 g/mol. The number of aryl methyl sites for hydroxylation is 1. The first kappa shape index (κ1) is 18.7. The summed E-state index contributed by atoms with van der Waals surface area (Å²) in [5.74, 6) is 0.556. The third-order valence-corrected chi connectivity index (χ3v) is 5.50. The molecular weight excluding hydrogens is 362 g/mol. The summed E-state index contributed by atoms with van der Waals surface area (Å²) >= 11 is 0. The summed E-state index contributed by atoms with van der Waals surface area (Å²) in [6, 6.07) is 3.32. The fourth-order valence-corrected chi connectivity index (χ4v) is 3.87. The molecule has 0 saturated carbocycles. The Kier molecular flexibility index (Phi) is 5.21. The van der Waals surface area contributed by atoms with Crippen LogP contribution in [0.2, 0.25) is 0 Å². The van der Waals surface area contributed by atoms with Crippen LogP contribution in [0, 0.1) is 18.6 Å². The van der Waals surface area contributed by atoms with Crippen LogP contribution in [0.25, 0.3) is 0 Å². The molecule has 0 aliphatic carbocycles.